The van der Waals surface area contributed by atoms with E-state index in [1.807, 2.05) is 57.2 Å². The van der Waals surface area contributed by atoms with Crippen LogP contribution in [0.4, 0.5) is 5.69 Å². The molecule has 1 N–H and O–H groups in total. The Balaban J connectivity index is 1.79. The molecular formula is C35H38ClN3O4S. The van der Waals surface area contributed by atoms with E-state index in [0.29, 0.717) is 22.8 Å². The Labute approximate surface area is 265 Å². The molecule has 0 aliphatic rings. The molecular weight excluding hydrogens is 594 g/mol. The smallest absolute Gasteiger partial charge is 0.264 e. The number of hydrogen-bond acceptors (Lipinski definition) is 4. The van der Waals surface area contributed by atoms with Crippen LogP contribution < -0.4 is 9.62 Å². The fourth-order valence-electron chi connectivity index (χ4n) is 4.75. The summed E-state index contributed by atoms with van der Waals surface area (Å²) in [6, 6.07) is 30.6. The SMILES string of the molecule is Cc1ccc(N(CC(=O)N(Cc2ccccc2Cl)[C@H](Cc2ccccc2)C(=O)NCC(C)C)S(=O)(=O)c2ccccc2)cc1. The number of halogens is 1. The predicted molar refractivity (Wildman–Crippen MR) is 176 cm³/mol. The van der Waals surface area contributed by atoms with Crippen LogP contribution in [0.1, 0.15) is 30.5 Å². The van der Waals surface area contributed by atoms with Crippen LogP contribution in [-0.4, -0.2) is 44.3 Å². The fourth-order valence-corrected chi connectivity index (χ4v) is 6.38. The van der Waals surface area contributed by atoms with Gasteiger partial charge < -0.3 is 10.2 Å². The van der Waals surface area contributed by atoms with E-state index >= 15 is 0 Å². The van der Waals surface area contributed by atoms with Gasteiger partial charge in [0, 0.05) is 24.5 Å². The number of nitrogens with zero attached hydrogens (tertiary/aromatic N) is 2. The van der Waals surface area contributed by atoms with Crippen molar-refractivity contribution in [3.63, 3.8) is 0 Å². The Morgan fingerprint density at radius 3 is 2.02 bits per heavy atom. The molecule has 0 heterocycles. The summed E-state index contributed by atoms with van der Waals surface area (Å²) in [4.78, 5) is 29.8. The second kappa shape index (κ2) is 15.0. The highest BCUT2D eigenvalue weighted by molar-refractivity contribution is 7.92. The monoisotopic (exact) mass is 631 g/mol. The number of anilines is 1. The van der Waals surface area contributed by atoms with Crippen molar-refractivity contribution >= 4 is 39.1 Å². The number of sulfonamides is 1. The maximum atomic E-state index is 14.5. The van der Waals surface area contributed by atoms with E-state index < -0.39 is 28.5 Å². The van der Waals surface area contributed by atoms with Gasteiger partial charge in [0.25, 0.3) is 10.0 Å². The summed E-state index contributed by atoms with van der Waals surface area (Å²) in [5.41, 5.74) is 2.79. The minimum absolute atomic E-state index is 0.0121. The van der Waals surface area contributed by atoms with E-state index in [9.17, 15) is 18.0 Å². The largest absolute Gasteiger partial charge is 0.354 e. The van der Waals surface area contributed by atoms with Crippen molar-refractivity contribution < 1.29 is 18.0 Å². The normalized spacial score (nSPS) is 12.0. The molecule has 0 bridgehead atoms. The first-order valence-corrected chi connectivity index (χ1v) is 16.4. The highest BCUT2D eigenvalue weighted by Crippen LogP contribution is 2.26. The molecule has 0 radical (unpaired) electrons. The average Bonchev–Trinajstić information content (AvgIpc) is 3.02. The van der Waals surface area contributed by atoms with Gasteiger partial charge in [0.1, 0.15) is 12.6 Å². The first kappa shape index (κ1) is 32.8. The highest BCUT2D eigenvalue weighted by Gasteiger charge is 2.34. The van der Waals surface area contributed by atoms with E-state index in [2.05, 4.69) is 5.32 Å². The standard InChI is InChI=1S/C35H38ClN3O4S/c1-26(2)23-37-35(41)33(22-28-12-6-4-7-13-28)38(24-29-14-10-11-17-32(29)36)34(40)25-39(30-20-18-27(3)19-21-30)44(42,43)31-15-8-5-9-16-31/h4-21,26,33H,22-25H2,1-3H3,(H,37,41)/t33-/m1/s1. The molecule has 1 atom stereocenters. The van der Waals surface area contributed by atoms with Gasteiger partial charge in [-0.05, 0) is 54.3 Å². The number of carbonyl (C=O) groups is 2. The van der Waals surface area contributed by atoms with E-state index in [-0.39, 0.29) is 29.7 Å². The first-order valence-electron chi connectivity index (χ1n) is 14.5. The first-order chi connectivity index (χ1) is 21.1. The van der Waals surface area contributed by atoms with E-state index in [4.69, 9.17) is 11.6 Å². The van der Waals surface area contributed by atoms with Crippen LogP contribution in [0.5, 0.6) is 0 Å². The summed E-state index contributed by atoms with van der Waals surface area (Å²) in [6.45, 7) is 5.81. The van der Waals surface area contributed by atoms with Crippen molar-refractivity contribution in [3.8, 4) is 0 Å². The van der Waals surface area contributed by atoms with Gasteiger partial charge in [-0.2, -0.15) is 0 Å². The Morgan fingerprint density at radius 2 is 1.41 bits per heavy atom. The summed E-state index contributed by atoms with van der Waals surface area (Å²) in [7, 11) is -4.14. The molecule has 0 aliphatic heterocycles. The molecule has 4 aromatic carbocycles. The minimum atomic E-state index is -4.14. The molecule has 0 saturated carbocycles. The molecule has 230 valence electrons. The Hall–Kier alpha value is -4.14. The highest BCUT2D eigenvalue weighted by atomic mass is 35.5. The van der Waals surface area contributed by atoms with E-state index in [1.54, 1.807) is 60.7 Å². The maximum Gasteiger partial charge on any atom is 0.264 e. The van der Waals surface area contributed by atoms with E-state index in [1.165, 1.54) is 17.0 Å². The van der Waals surface area contributed by atoms with Crippen LogP contribution in [0.3, 0.4) is 0 Å². The lowest BCUT2D eigenvalue weighted by molar-refractivity contribution is -0.140. The Morgan fingerprint density at radius 1 is 0.818 bits per heavy atom. The molecule has 44 heavy (non-hydrogen) atoms. The lowest BCUT2D eigenvalue weighted by Crippen LogP contribution is -2.53. The number of benzene rings is 4. The summed E-state index contributed by atoms with van der Waals surface area (Å²) >= 11 is 6.54. The van der Waals surface area contributed by atoms with Crippen molar-refractivity contribution in [2.45, 2.75) is 44.7 Å². The summed E-state index contributed by atoms with van der Waals surface area (Å²) in [5.74, 6) is -0.668. The third-order valence-electron chi connectivity index (χ3n) is 7.19. The van der Waals surface area contributed by atoms with E-state index in [0.717, 1.165) is 15.4 Å². The predicted octanol–water partition coefficient (Wildman–Crippen LogP) is 6.26. The van der Waals surface area contributed by atoms with Gasteiger partial charge >= 0.3 is 0 Å². The van der Waals surface area contributed by atoms with Crippen molar-refractivity contribution in [1.82, 2.24) is 10.2 Å². The molecule has 2 amide bonds. The molecule has 4 aromatic rings. The fraction of sp³-hybridized carbons (Fsp3) is 0.257. The average molecular weight is 632 g/mol. The second-order valence-electron chi connectivity index (χ2n) is 11.1. The van der Waals surface area contributed by atoms with Gasteiger partial charge in [-0.25, -0.2) is 8.42 Å². The molecule has 9 heteroatoms. The van der Waals surface area contributed by atoms with Crippen molar-refractivity contribution in [3.05, 3.63) is 131 Å². The maximum absolute atomic E-state index is 14.5. The van der Waals surface area contributed by atoms with Crippen LogP contribution in [-0.2, 0) is 32.6 Å². The summed E-state index contributed by atoms with van der Waals surface area (Å²) in [5, 5.41) is 3.43. The van der Waals surface area contributed by atoms with Gasteiger partial charge in [0.2, 0.25) is 11.8 Å². The van der Waals surface area contributed by atoms with Gasteiger partial charge in [0.05, 0.1) is 10.6 Å². The number of rotatable bonds is 13. The minimum Gasteiger partial charge on any atom is -0.354 e. The molecule has 0 saturated heterocycles. The molecule has 0 spiro atoms. The zero-order chi connectivity index (χ0) is 31.7. The van der Waals surface area contributed by atoms with Crippen LogP contribution in [0.2, 0.25) is 5.02 Å². The second-order valence-corrected chi connectivity index (χ2v) is 13.4. The third-order valence-corrected chi connectivity index (χ3v) is 9.34. The molecule has 0 aromatic heterocycles. The summed E-state index contributed by atoms with van der Waals surface area (Å²) in [6.07, 6.45) is 0.233. The summed E-state index contributed by atoms with van der Waals surface area (Å²) < 4.78 is 29.1. The number of carbonyl (C=O) groups excluding carboxylic acids is 2. The van der Waals surface area contributed by atoms with Crippen LogP contribution >= 0.6 is 11.6 Å². The number of nitrogens with one attached hydrogen (secondary N) is 1. The molecule has 4 rings (SSSR count). The lowest BCUT2D eigenvalue weighted by Gasteiger charge is -2.34. The van der Waals surface area contributed by atoms with Gasteiger partial charge in [-0.15, -0.1) is 0 Å². The molecule has 0 fully saturated rings. The molecule has 7 nitrogen and oxygen atoms in total. The van der Waals surface area contributed by atoms with Gasteiger partial charge in [-0.1, -0.05) is 110 Å². The number of amides is 2. The molecule has 0 unspecified atom stereocenters. The zero-order valence-corrected chi connectivity index (χ0v) is 26.8. The zero-order valence-electron chi connectivity index (χ0n) is 25.2. The topological polar surface area (TPSA) is 86.8 Å². The van der Waals surface area contributed by atoms with Crippen LogP contribution in [0, 0.1) is 12.8 Å². The van der Waals surface area contributed by atoms with Crippen LogP contribution in [0.25, 0.3) is 0 Å². The van der Waals surface area contributed by atoms with Gasteiger partial charge in [0.15, 0.2) is 0 Å². The van der Waals surface area contributed by atoms with Gasteiger partial charge in [-0.3, -0.25) is 13.9 Å². The Kier molecular flexibility index (Phi) is 11.2. The van der Waals surface area contributed by atoms with Crippen molar-refractivity contribution in [2.24, 2.45) is 5.92 Å². The third kappa shape index (κ3) is 8.49. The Bertz CT molecular complexity index is 1650. The lowest BCUT2D eigenvalue weighted by atomic mass is 10.0. The molecule has 0 aliphatic carbocycles. The number of hydrogen-bond donors (Lipinski definition) is 1. The van der Waals surface area contributed by atoms with Crippen molar-refractivity contribution in [2.75, 3.05) is 17.4 Å². The quantitative estimate of drug-likeness (QED) is 0.189. The van der Waals surface area contributed by atoms with Crippen LogP contribution in [0.15, 0.2) is 114 Å². The van der Waals surface area contributed by atoms with Crippen molar-refractivity contribution in [1.29, 1.82) is 0 Å². The number of aryl methyl sites for hydroxylation is 1.